The second-order valence-electron chi connectivity index (χ2n) is 9.58. The fraction of sp³-hybridized carbons (Fsp3) is 0.429. The maximum absolute atomic E-state index is 14.2. The van der Waals surface area contributed by atoms with Crippen LogP contribution in [0.1, 0.15) is 23.2 Å². The first-order valence-corrected chi connectivity index (χ1v) is 12.8. The van der Waals surface area contributed by atoms with Gasteiger partial charge in [0.1, 0.15) is 11.6 Å². The quantitative estimate of drug-likeness (QED) is 0.433. The molecule has 0 unspecified atom stereocenters. The molecule has 37 heavy (non-hydrogen) atoms. The zero-order chi connectivity index (χ0) is 26.4. The van der Waals surface area contributed by atoms with E-state index in [-0.39, 0.29) is 11.8 Å². The molecule has 8 nitrogen and oxygen atoms in total. The van der Waals surface area contributed by atoms with Crippen molar-refractivity contribution in [3.8, 4) is 5.69 Å². The topological polar surface area (TPSA) is 65.9 Å². The third-order valence-electron chi connectivity index (χ3n) is 6.81. The predicted molar refractivity (Wildman–Crippen MR) is 145 cm³/mol. The largest absolute Gasteiger partial charge is 0.385 e. The van der Waals surface area contributed by atoms with E-state index < -0.39 is 0 Å². The summed E-state index contributed by atoms with van der Waals surface area (Å²) < 4.78 is 21.3. The van der Waals surface area contributed by atoms with Crippen LogP contribution < -0.4 is 10.2 Å². The van der Waals surface area contributed by atoms with E-state index in [4.69, 9.17) is 9.84 Å². The molecule has 3 aromatic rings. The zero-order valence-corrected chi connectivity index (χ0v) is 22.2. The highest BCUT2D eigenvalue weighted by Gasteiger charge is 2.27. The van der Waals surface area contributed by atoms with Crippen molar-refractivity contribution in [1.29, 1.82) is 0 Å². The smallest absolute Gasteiger partial charge is 0.322 e. The first-order valence-electron chi connectivity index (χ1n) is 12.8. The van der Waals surface area contributed by atoms with Crippen LogP contribution in [0.3, 0.4) is 0 Å². The molecule has 1 fully saturated rings. The number of amides is 2. The Hall–Kier alpha value is -3.43. The molecule has 0 aliphatic carbocycles. The van der Waals surface area contributed by atoms with Gasteiger partial charge >= 0.3 is 6.03 Å². The molecular weight excluding hydrogens is 471 g/mol. The molecule has 0 radical (unpaired) electrons. The van der Waals surface area contributed by atoms with Crippen LogP contribution >= 0.6 is 0 Å². The zero-order valence-electron chi connectivity index (χ0n) is 22.2. The Labute approximate surface area is 218 Å². The number of carbonyl (C=O) groups excluding carboxylic acids is 1. The lowest BCUT2D eigenvalue weighted by atomic mass is 10.1. The van der Waals surface area contributed by atoms with Crippen molar-refractivity contribution in [2.75, 3.05) is 63.7 Å². The summed E-state index contributed by atoms with van der Waals surface area (Å²) in [6, 6.07) is 14.1. The van der Waals surface area contributed by atoms with Crippen molar-refractivity contribution in [3.05, 3.63) is 71.2 Å². The maximum Gasteiger partial charge on any atom is 0.322 e. The van der Waals surface area contributed by atoms with Gasteiger partial charge in [-0.05, 0) is 57.1 Å². The number of para-hydroxylation sites is 1. The highest BCUT2D eigenvalue weighted by Crippen LogP contribution is 2.30. The van der Waals surface area contributed by atoms with E-state index in [0.717, 1.165) is 54.5 Å². The van der Waals surface area contributed by atoms with E-state index in [1.807, 2.05) is 53.8 Å². The number of urea groups is 1. The number of carbonyl (C=O) groups is 1. The van der Waals surface area contributed by atoms with Gasteiger partial charge in [-0.3, -0.25) is 0 Å². The van der Waals surface area contributed by atoms with Crippen molar-refractivity contribution in [2.24, 2.45) is 0 Å². The van der Waals surface area contributed by atoms with E-state index in [1.54, 1.807) is 13.2 Å². The minimum atomic E-state index is -0.310. The summed E-state index contributed by atoms with van der Waals surface area (Å²) in [5.74, 6) is 0.604. The predicted octanol–water partition coefficient (Wildman–Crippen LogP) is 4.45. The second kappa shape index (κ2) is 12.2. The van der Waals surface area contributed by atoms with Gasteiger partial charge in [0.2, 0.25) is 0 Å². The molecule has 1 N–H and O–H groups in total. The van der Waals surface area contributed by atoms with Gasteiger partial charge in [0, 0.05) is 57.7 Å². The Balaban J connectivity index is 1.70. The van der Waals surface area contributed by atoms with Crippen LogP contribution in [0.2, 0.25) is 0 Å². The number of aromatic nitrogens is 2. The highest BCUT2D eigenvalue weighted by atomic mass is 19.1. The number of piperazine rings is 1. The van der Waals surface area contributed by atoms with Crippen LogP contribution in [0.4, 0.5) is 20.7 Å². The monoisotopic (exact) mass is 508 g/mol. The number of halogens is 1. The van der Waals surface area contributed by atoms with Crippen molar-refractivity contribution >= 4 is 17.5 Å². The number of nitrogens with zero attached hydrogens (tertiary/aromatic N) is 5. The molecule has 9 heteroatoms. The van der Waals surface area contributed by atoms with Crippen molar-refractivity contribution in [3.63, 3.8) is 0 Å². The number of aryl methyl sites for hydroxylation is 2. The number of ether oxygens (including phenoxy) is 1. The fourth-order valence-electron chi connectivity index (χ4n) is 4.61. The molecule has 1 aliphatic heterocycles. The highest BCUT2D eigenvalue weighted by molar-refractivity contribution is 5.90. The lowest BCUT2D eigenvalue weighted by Crippen LogP contribution is -2.46. The number of hydrogen-bond acceptors (Lipinski definition) is 5. The standard InChI is InChI=1S/C28H37FN6O2/c1-21-9-5-6-12-26(21)30-28(36)34(13-8-18-37-4)20-25-22(2)31-35(24-11-7-10-23(29)19-24)27(25)33-16-14-32(3)15-17-33/h5-7,9-12,19H,8,13-18,20H2,1-4H3,(H,30,36). The molecule has 1 aromatic heterocycles. The van der Waals surface area contributed by atoms with Gasteiger partial charge in [-0.25, -0.2) is 13.9 Å². The third kappa shape index (κ3) is 6.47. The molecule has 2 aromatic carbocycles. The van der Waals surface area contributed by atoms with Crippen LogP contribution in [0.5, 0.6) is 0 Å². The summed E-state index contributed by atoms with van der Waals surface area (Å²) in [6.45, 7) is 8.87. The molecule has 0 atom stereocenters. The van der Waals surface area contributed by atoms with Crippen molar-refractivity contribution in [2.45, 2.75) is 26.8 Å². The average Bonchev–Trinajstić information content (AvgIpc) is 3.21. The molecule has 0 saturated carbocycles. The summed E-state index contributed by atoms with van der Waals surface area (Å²) >= 11 is 0. The van der Waals surface area contributed by atoms with Gasteiger partial charge in [0.15, 0.2) is 0 Å². The lowest BCUT2D eigenvalue weighted by molar-refractivity contribution is 0.171. The fourth-order valence-corrected chi connectivity index (χ4v) is 4.61. The number of nitrogens with one attached hydrogen (secondary N) is 1. The van der Waals surface area contributed by atoms with Gasteiger partial charge in [-0.2, -0.15) is 5.10 Å². The van der Waals surface area contributed by atoms with Gasteiger partial charge in [-0.15, -0.1) is 0 Å². The Bertz CT molecular complexity index is 1210. The van der Waals surface area contributed by atoms with Crippen LogP contribution in [0, 0.1) is 19.7 Å². The molecule has 0 bridgehead atoms. The summed E-state index contributed by atoms with van der Waals surface area (Å²) in [5.41, 5.74) is 4.24. The van der Waals surface area contributed by atoms with E-state index >= 15 is 0 Å². The first-order chi connectivity index (χ1) is 17.9. The summed E-state index contributed by atoms with van der Waals surface area (Å²) in [5, 5.41) is 7.91. The molecule has 1 aliphatic rings. The minimum absolute atomic E-state index is 0.173. The Kier molecular flexibility index (Phi) is 8.78. The van der Waals surface area contributed by atoms with Crippen molar-refractivity contribution < 1.29 is 13.9 Å². The number of methoxy groups -OCH3 is 1. The van der Waals surface area contributed by atoms with Gasteiger partial charge in [-0.1, -0.05) is 24.3 Å². The summed E-state index contributed by atoms with van der Waals surface area (Å²) in [4.78, 5) is 19.9. The van der Waals surface area contributed by atoms with E-state index in [2.05, 4.69) is 22.2 Å². The first kappa shape index (κ1) is 26.6. The maximum atomic E-state index is 14.2. The van der Waals surface area contributed by atoms with Crippen molar-refractivity contribution in [1.82, 2.24) is 19.6 Å². The summed E-state index contributed by atoms with van der Waals surface area (Å²) in [6.07, 6.45) is 0.707. The minimum Gasteiger partial charge on any atom is -0.385 e. The molecular formula is C28H37FN6O2. The number of rotatable bonds is 9. The molecule has 0 spiro atoms. The Morgan fingerprint density at radius 2 is 1.86 bits per heavy atom. The van der Waals surface area contributed by atoms with E-state index in [0.29, 0.717) is 31.8 Å². The summed E-state index contributed by atoms with van der Waals surface area (Å²) in [7, 11) is 3.78. The Morgan fingerprint density at radius 3 is 2.57 bits per heavy atom. The number of hydrogen-bond donors (Lipinski definition) is 1. The second-order valence-corrected chi connectivity index (χ2v) is 9.58. The third-order valence-corrected chi connectivity index (χ3v) is 6.81. The lowest BCUT2D eigenvalue weighted by Gasteiger charge is -2.35. The van der Waals surface area contributed by atoms with E-state index in [9.17, 15) is 9.18 Å². The van der Waals surface area contributed by atoms with Crippen LogP contribution in [0.25, 0.3) is 5.69 Å². The van der Waals surface area contributed by atoms with Crippen LogP contribution in [-0.4, -0.2) is 79.1 Å². The number of anilines is 2. The molecule has 1 saturated heterocycles. The molecule has 198 valence electrons. The average molecular weight is 509 g/mol. The van der Waals surface area contributed by atoms with Gasteiger partial charge < -0.3 is 24.8 Å². The number of benzene rings is 2. The molecule has 2 heterocycles. The number of likely N-dealkylation sites (N-methyl/N-ethyl adjacent to an activating group) is 1. The SMILES string of the molecule is COCCCN(Cc1c(C)nn(-c2cccc(F)c2)c1N1CCN(C)CC1)C(=O)Nc1ccccc1C. The normalized spacial score (nSPS) is 14.1. The van der Waals surface area contributed by atoms with E-state index in [1.165, 1.54) is 12.1 Å². The molecule has 4 rings (SSSR count). The van der Waals surface area contributed by atoms with Gasteiger partial charge in [0.05, 0.1) is 17.9 Å². The van der Waals surface area contributed by atoms with Crippen LogP contribution in [0.15, 0.2) is 48.5 Å². The van der Waals surface area contributed by atoms with Gasteiger partial charge in [0.25, 0.3) is 0 Å². The Morgan fingerprint density at radius 1 is 1.11 bits per heavy atom. The van der Waals surface area contributed by atoms with Crippen LogP contribution in [-0.2, 0) is 11.3 Å². The molecule has 2 amide bonds.